The van der Waals surface area contributed by atoms with Crippen molar-refractivity contribution in [2.75, 3.05) is 13.2 Å². The average Bonchev–Trinajstić information content (AvgIpc) is 3.59. The van der Waals surface area contributed by atoms with Gasteiger partial charge in [-0.15, -0.1) is 0 Å². The minimum Gasteiger partial charge on any atom is -0.466 e. The highest BCUT2D eigenvalue weighted by Gasteiger charge is 2.20. The van der Waals surface area contributed by atoms with Gasteiger partial charge in [0.1, 0.15) is 0 Å². The maximum Gasteiger partial charge on any atom is 0.305 e. The molecular weight excluding hydrogens is 1090 g/mol. The SMILES string of the molecule is CCCCCC/C=C\C/C=C\CCCCCCCCCC(=O)OCCCCCCCCCCCCCCCCC/C=C\C/C=C\CCCCCCCCCCCCCCCCCCCC(=O)NC(CO)C(O)CCCCCCCCCCCCCCCCC. The van der Waals surface area contributed by atoms with Gasteiger partial charge in [-0.1, -0.05) is 390 Å². The molecule has 0 saturated heterocycles. The van der Waals surface area contributed by atoms with Crippen LogP contribution in [0.3, 0.4) is 0 Å². The standard InChI is InChI=1S/C83H157NO5/c1-3-5-7-9-11-13-15-17-19-20-45-49-53-57-61-65-69-73-77-83(88)89-78-74-70-66-62-58-54-50-46-43-41-39-37-35-33-31-29-27-25-23-21-22-24-26-28-30-32-34-36-38-40-42-44-48-52-56-60-64-68-72-76-82(87)84-80(79-85)81(86)75-71-67-63-59-55-51-47-18-16-14-12-10-8-6-4-2/h13,15,19-22,25,27,80-81,85-86H,3-12,14,16-18,23-24,26,28-79H2,1-2H3,(H,84,87)/b15-13-,20-19-,22-21-,27-25-. The molecular formula is C83H157NO5. The fraction of sp³-hybridized carbons (Fsp3) is 0.880. The van der Waals surface area contributed by atoms with Crippen molar-refractivity contribution in [2.24, 2.45) is 0 Å². The number of rotatable bonds is 76. The largest absolute Gasteiger partial charge is 0.466 e. The van der Waals surface area contributed by atoms with Crippen LogP contribution in [0.2, 0.25) is 0 Å². The monoisotopic (exact) mass is 1250 g/mol. The van der Waals surface area contributed by atoms with Crippen LogP contribution in [0.1, 0.15) is 444 Å². The third kappa shape index (κ3) is 74.7. The van der Waals surface area contributed by atoms with Gasteiger partial charge in [0.05, 0.1) is 25.4 Å². The van der Waals surface area contributed by atoms with Gasteiger partial charge in [0, 0.05) is 12.8 Å². The highest BCUT2D eigenvalue weighted by atomic mass is 16.5. The van der Waals surface area contributed by atoms with Crippen LogP contribution < -0.4 is 5.32 Å². The fourth-order valence-corrected chi connectivity index (χ4v) is 12.7. The summed E-state index contributed by atoms with van der Waals surface area (Å²) in [5, 5.41) is 23.4. The first kappa shape index (κ1) is 86.8. The van der Waals surface area contributed by atoms with Crippen LogP contribution in [0.5, 0.6) is 0 Å². The molecule has 0 rings (SSSR count). The number of allylic oxidation sites excluding steroid dienone is 8. The summed E-state index contributed by atoms with van der Waals surface area (Å²) >= 11 is 0. The second kappa shape index (κ2) is 78.3. The van der Waals surface area contributed by atoms with E-state index in [2.05, 4.69) is 67.8 Å². The first-order valence-electron chi connectivity index (χ1n) is 40.4. The molecule has 2 atom stereocenters. The minimum absolute atomic E-state index is 0.0134. The van der Waals surface area contributed by atoms with E-state index in [0.717, 1.165) is 57.8 Å². The number of amides is 1. The Morgan fingerprint density at radius 3 is 0.865 bits per heavy atom. The third-order valence-corrected chi connectivity index (χ3v) is 18.9. The minimum atomic E-state index is -0.662. The van der Waals surface area contributed by atoms with E-state index in [4.69, 9.17) is 4.74 Å². The van der Waals surface area contributed by atoms with E-state index in [1.807, 2.05) is 0 Å². The Balaban J connectivity index is 3.34. The smallest absolute Gasteiger partial charge is 0.305 e. The van der Waals surface area contributed by atoms with Crippen molar-refractivity contribution in [3.63, 3.8) is 0 Å². The number of aliphatic hydroxyl groups excluding tert-OH is 2. The topological polar surface area (TPSA) is 95.9 Å². The zero-order valence-electron chi connectivity index (χ0n) is 60.2. The van der Waals surface area contributed by atoms with Gasteiger partial charge in [-0.05, 0) is 89.9 Å². The first-order valence-corrected chi connectivity index (χ1v) is 40.4. The van der Waals surface area contributed by atoms with E-state index in [1.54, 1.807) is 0 Å². The number of unbranched alkanes of at least 4 members (excludes halogenated alkanes) is 57. The Labute approximate surface area is 556 Å². The van der Waals surface area contributed by atoms with E-state index >= 15 is 0 Å². The summed E-state index contributed by atoms with van der Waals surface area (Å²) in [6.07, 6.45) is 104. The number of ether oxygens (including phenoxy) is 1. The molecule has 0 spiro atoms. The first-order chi connectivity index (χ1) is 44.0. The zero-order valence-corrected chi connectivity index (χ0v) is 60.2. The third-order valence-electron chi connectivity index (χ3n) is 18.9. The molecule has 524 valence electrons. The Kier molecular flexibility index (Phi) is 76.3. The molecule has 6 heteroatoms. The molecule has 0 heterocycles. The van der Waals surface area contributed by atoms with E-state index in [1.165, 1.54) is 353 Å². The van der Waals surface area contributed by atoms with Crippen molar-refractivity contribution in [3.05, 3.63) is 48.6 Å². The second-order valence-corrected chi connectivity index (χ2v) is 27.7. The van der Waals surface area contributed by atoms with Crippen molar-refractivity contribution in [2.45, 2.75) is 456 Å². The van der Waals surface area contributed by atoms with Crippen LogP contribution in [-0.4, -0.2) is 47.4 Å². The van der Waals surface area contributed by atoms with E-state index < -0.39 is 12.1 Å². The van der Waals surface area contributed by atoms with Crippen LogP contribution in [-0.2, 0) is 14.3 Å². The summed E-state index contributed by atoms with van der Waals surface area (Å²) in [6, 6.07) is -0.539. The second-order valence-electron chi connectivity index (χ2n) is 27.7. The Morgan fingerprint density at radius 2 is 0.562 bits per heavy atom. The number of esters is 1. The van der Waals surface area contributed by atoms with E-state index in [0.29, 0.717) is 25.9 Å². The molecule has 0 saturated carbocycles. The fourth-order valence-electron chi connectivity index (χ4n) is 12.7. The Morgan fingerprint density at radius 1 is 0.315 bits per heavy atom. The van der Waals surface area contributed by atoms with Gasteiger partial charge >= 0.3 is 5.97 Å². The lowest BCUT2D eigenvalue weighted by Gasteiger charge is -2.22. The lowest BCUT2D eigenvalue weighted by Crippen LogP contribution is -2.45. The van der Waals surface area contributed by atoms with Crippen molar-refractivity contribution < 1.29 is 24.5 Å². The molecule has 0 radical (unpaired) electrons. The molecule has 2 unspecified atom stereocenters. The maximum absolute atomic E-state index is 12.5. The van der Waals surface area contributed by atoms with Gasteiger partial charge in [0.15, 0.2) is 0 Å². The molecule has 0 aromatic heterocycles. The molecule has 3 N–H and O–H groups in total. The Bertz CT molecular complexity index is 1490. The normalized spacial score (nSPS) is 12.7. The summed E-state index contributed by atoms with van der Waals surface area (Å²) in [6.45, 7) is 4.97. The number of nitrogens with one attached hydrogen (secondary N) is 1. The number of carbonyl (C=O) groups is 2. The highest BCUT2D eigenvalue weighted by molar-refractivity contribution is 5.76. The van der Waals surface area contributed by atoms with Gasteiger partial charge in [0.2, 0.25) is 5.91 Å². The van der Waals surface area contributed by atoms with Crippen LogP contribution in [0.25, 0.3) is 0 Å². The quantitative estimate of drug-likeness (QED) is 0.0320. The molecule has 89 heavy (non-hydrogen) atoms. The van der Waals surface area contributed by atoms with Gasteiger partial charge < -0.3 is 20.3 Å². The summed E-state index contributed by atoms with van der Waals surface area (Å²) in [4.78, 5) is 24.6. The lowest BCUT2D eigenvalue weighted by atomic mass is 10.0. The summed E-state index contributed by atoms with van der Waals surface area (Å²) < 4.78 is 5.51. The number of aliphatic hydroxyl groups is 2. The predicted molar refractivity (Wildman–Crippen MR) is 393 cm³/mol. The molecule has 0 aliphatic rings. The zero-order chi connectivity index (χ0) is 64.2. The molecule has 0 aliphatic carbocycles. The molecule has 0 aromatic rings. The molecule has 0 fully saturated rings. The molecule has 0 aromatic carbocycles. The van der Waals surface area contributed by atoms with Gasteiger partial charge in [-0.2, -0.15) is 0 Å². The number of carbonyl (C=O) groups excluding carboxylic acids is 2. The van der Waals surface area contributed by atoms with Crippen LogP contribution >= 0.6 is 0 Å². The van der Waals surface area contributed by atoms with Gasteiger partial charge in [0.25, 0.3) is 0 Å². The van der Waals surface area contributed by atoms with Crippen molar-refractivity contribution >= 4 is 11.9 Å². The molecule has 6 nitrogen and oxygen atoms in total. The van der Waals surface area contributed by atoms with Gasteiger partial charge in [-0.3, -0.25) is 9.59 Å². The highest BCUT2D eigenvalue weighted by Crippen LogP contribution is 2.20. The van der Waals surface area contributed by atoms with Gasteiger partial charge in [-0.25, -0.2) is 0 Å². The van der Waals surface area contributed by atoms with Crippen LogP contribution in [0, 0.1) is 0 Å². The summed E-state index contributed by atoms with van der Waals surface area (Å²) in [5.41, 5.74) is 0. The predicted octanol–water partition coefficient (Wildman–Crippen LogP) is 26.8. The van der Waals surface area contributed by atoms with Crippen LogP contribution in [0.4, 0.5) is 0 Å². The molecule has 0 bridgehead atoms. The van der Waals surface area contributed by atoms with Crippen molar-refractivity contribution in [1.29, 1.82) is 0 Å². The molecule has 0 aliphatic heterocycles. The van der Waals surface area contributed by atoms with E-state index in [9.17, 15) is 19.8 Å². The number of hydrogen-bond acceptors (Lipinski definition) is 5. The number of hydrogen-bond donors (Lipinski definition) is 3. The van der Waals surface area contributed by atoms with Crippen molar-refractivity contribution in [3.8, 4) is 0 Å². The van der Waals surface area contributed by atoms with E-state index in [-0.39, 0.29) is 18.5 Å². The van der Waals surface area contributed by atoms with Crippen LogP contribution in [0.15, 0.2) is 48.6 Å². The maximum atomic E-state index is 12.5. The Hall–Kier alpha value is -2.18. The lowest BCUT2D eigenvalue weighted by molar-refractivity contribution is -0.143. The summed E-state index contributed by atoms with van der Waals surface area (Å²) in [7, 11) is 0. The summed E-state index contributed by atoms with van der Waals surface area (Å²) in [5.74, 6) is -0.0155. The molecule has 1 amide bonds. The average molecular weight is 1250 g/mol. The van der Waals surface area contributed by atoms with Crippen molar-refractivity contribution in [1.82, 2.24) is 5.32 Å².